The molecule has 0 aliphatic heterocycles. The van der Waals surface area contributed by atoms with E-state index in [1.54, 1.807) is 4.57 Å². The molecule has 3 aromatic heterocycles. The fourth-order valence-corrected chi connectivity index (χ4v) is 4.61. The summed E-state index contributed by atoms with van der Waals surface area (Å²) in [5.41, 5.74) is 0.00903. The first-order chi connectivity index (χ1) is 16.9. The maximum absolute atomic E-state index is 12.5. The zero-order chi connectivity index (χ0) is 24.8. The van der Waals surface area contributed by atoms with E-state index < -0.39 is 11.2 Å². The Balaban J connectivity index is 1.58. The van der Waals surface area contributed by atoms with Gasteiger partial charge < -0.3 is 9.72 Å². The van der Waals surface area contributed by atoms with Crippen LogP contribution in [-0.4, -0.2) is 53.2 Å². The van der Waals surface area contributed by atoms with E-state index in [1.165, 1.54) is 29.2 Å². The third kappa shape index (κ3) is 6.22. The van der Waals surface area contributed by atoms with Crippen molar-refractivity contribution in [1.82, 2.24) is 34.9 Å². The van der Waals surface area contributed by atoms with Crippen LogP contribution in [0.3, 0.4) is 0 Å². The summed E-state index contributed by atoms with van der Waals surface area (Å²) in [5, 5.41) is 21.0. The molecule has 182 valence electrons. The van der Waals surface area contributed by atoms with Gasteiger partial charge in [-0.25, -0.2) is 4.79 Å². The molecule has 4 aromatic rings. The molecule has 0 atom stereocenters. The van der Waals surface area contributed by atoms with Crippen molar-refractivity contribution in [3.8, 4) is 11.4 Å². The molecule has 12 nitrogen and oxygen atoms in total. The predicted molar refractivity (Wildman–Crippen MR) is 132 cm³/mol. The van der Waals surface area contributed by atoms with Crippen LogP contribution in [0, 0.1) is 0 Å². The fourth-order valence-electron chi connectivity index (χ4n) is 3.14. The zero-order valence-electron chi connectivity index (χ0n) is 18.9. The number of nitrogens with one attached hydrogen (secondary N) is 3. The van der Waals surface area contributed by atoms with Gasteiger partial charge in [-0.15, -0.1) is 20.4 Å². The quantitative estimate of drug-likeness (QED) is 0.268. The SMILES string of the molecule is CCOc1ccc(-n2c(Cc3cc(=O)[nH]c(=O)[nH]3)nnc2SCC(=O)Nc2nnc(CC)s2)cc1. The molecule has 3 N–H and O–H groups in total. The molecule has 1 aromatic carbocycles. The number of hydrogen-bond acceptors (Lipinski definition) is 10. The third-order valence-electron chi connectivity index (χ3n) is 4.62. The van der Waals surface area contributed by atoms with Crippen molar-refractivity contribution in [1.29, 1.82) is 0 Å². The number of ether oxygens (including phenoxy) is 1. The van der Waals surface area contributed by atoms with Gasteiger partial charge in [0.1, 0.15) is 16.6 Å². The van der Waals surface area contributed by atoms with Crippen molar-refractivity contribution in [3.05, 3.63) is 67.7 Å². The van der Waals surface area contributed by atoms with Crippen LogP contribution in [0.1, 0.15) is 30.4 Å². The minimum atomic E-state index is -0.603. The summed E-state index contributed by atoms with van der Waals surface area (Å²) in [5.74, 6) is 1.00. The van der Waals surface area contributed by atoms with Gasteiger partial charge in [0.2, 0.25) is 11.0 Å². The minimum Gasteiger partial charge on any atom is -0.494 e. The number of benzene rings is 1. The molecular formula is C21H22N8O4S2. The molecule has 0 aliphatic rings. The molecular weight excluding hydrogens is 492 g/mol. The summed E-state index contributed by atoms with van der Waals surface area (Å²) in [4.78, 5) is 40.6. The van der Waals surface area contributed by atoms with Crippen molar-refractivity contribution < 1.29 is 9.53 Å². The van der Waals surface area contributed by atoms with Gasteiger partial charge >= 0.3 is 5.69 Å². The summed E-state index contributed by atoms with van der Waals surface area (Å²) < 4.78 is 7.29. The summed E-state index contributed by atoms with van der Waals surface area (Å²) in [7, 11) is 0. The zero-order valence-corrected chi connectivity index (χ0v) is 20.5. The lowest BCUT2D eigenvalue weighted by atomic mass is 10.2. The summed E-state index contributed by atoms with van der Waals surface area (Å²) >= 11 is 2.53. The summed E-state index contributed by atoms with van der Waals surface area (Å²) in [6, 6.07) is 8.62. The Kier molecular flexibility index (Phi) is 7.72. The average molecular weight is 515 g/mol. The normalized spacial score (nSPS) is 10.9. The van der Waals surface area contributed by atoms with Crippen molar-refractivity contribution in [2.75, 3.05) is 17.7 Å². The molecule has 1 amide bonds. The first kappa shape index (κ1) is 24.3. The lowest BCUT2D eigenvalue weighted by Gasteiger charge is -2.11. The molecule has 0 saturated carbocycles. The molecule has 0 radical (unpaired) electrons. The Morgan fingerprint density at radius 2 is 1.91 bits per heavy atom. The second kappa shape index (κ2) is 11.1. The van der Waals surface area contributed by atoms with Gasteiger partial charge in [0.25, 0.3) is 5.56 Å². The van der Waals surface area contributed by atoms with Crippen LogP contribution in [0.25, 0.3) is 5.69 Å². The first-order valence-electron chi connectivity index (χ1n) is 10.7. The second-order valence-electron chi connectivity index (χ2n) is 7.14. The van der Waals surface area contributed by atoms with Gasteiger partial charge in [-0.1, -0.05) is 30.0 Å². The summed E-state index contributed by atoms with van der Waals surface area (Å²) in [6.07, 6.45) is 0.894. The van der Waals surface area contributed by atoms with Crippen LogP contribution in [0.4, 0.5) is 5.13 Å². The smallest absolute Gasteiger partial charge is 0.325 e. The second-order valence-corrected chi connectivity index (χ2v) is 9.15. The first-order valence-corrected chi connectivity index (χ1v) is 12.5. The monoisotopic (exact) mass is 514 g/mol. The number of anilines is 1. The number of rotatable bonds is 10. The fraction of sp³-hybridized carbons (Fsp3) is 0.286. The van der Waals surface area contributed by atoms with Gasteiger partial charge in [-0.05, 0) is 37.6 Å². The van der Waals surface area contributed by atoms with E-state index in [4.69, 9.17) is 4.74 Å². The van der Waals surface area contributed by atoms with Crippen LogP contribution in [0.2, 0.25) is 0 Å². The van der Waals surface area contributed by atoms with Crippen LogP contribution >= 0.6 is 23.1 Å². The Labute approximate surface area is 207 Å². The predicted octanol–water partition coefficient (Wildman–Crippen LogP) is 1.78. The molecule has 0 bridgehead atoms. The Bertz CT molecular complexity index is 1400. The number of hydrogen-bond donors (Lipinski definition) is 3. The molecule has 14 heteroatoms. The average Bonchev–Trinajstić information content (AvgIpc) is 3.44. The maximum Gasteiger partial charge on any atom is 0.325 e. The van der Waals surface area contributed by atoms with E-state index >= 15 is 0 Å². The molecule has 0 unspecified atom stereocenters. The Hall–Kier alpha value is -3.78. The van der Waals surface area contributed by atoms with E-state index in [0.29, 0.717) is 34.2 Å². The highest BCUT2D eigenvalue weighted by Gasteiger charge is 2.18. The number of carbonyl (C=O) groups excluding carboxylic acids is 1. The van der Waals surface area contributed by atoms with Crippen molar-refractivity contribution in [2.24, 2.45) is 0 Å². The van der Waals surface area contributed by atoms with E-state index in [2.05, 4.69) is 35.7 Å². The standard InChI is InChI=1S/C21H22N8O4S2/c1-3-18-26-27-20(35-18)24-17(31)11-34-21-28-25-15(9-12-10-16(30)23-19(32)22-12)29(21)13-5-7-14(8-6-13)33-4-2/h5-8,10H,3-4,9,11H2,1-2H3,(H,24,27,31)(H2,22,23,30,32). The van der Waals surface area contributed by atoms with Crippen molar-refractivity contribution >= 4 is 34.1 Å². The van der Waals surface area contributed by atoms with Gasteiger partial charge in [0.15, 0.2) is 5.16 Å². The van der Waals surface area contributed by atoms with E-state index in [-0.39, 0.29) is 18.1 Å². The number of H-pyrrole nitrogens is 2. The number of nitrogens with zero attached hydrogens (tertiary/aromatic N) is 5. The van der Waals surface area contributed by atoms with E-state index in [0.717, 1.165) is 17.1 Å². The topological polar surface area (TPSA) is 161 Å². The van der Waals surface area contributed by atoms with E-state index in [9.17, 15) is 14.4 Å². The van der Waals surface area contributed by atoms with Gasteiger partial charge in [-0.3, -0.25) is 24.5 Å². The number of aromatic nitrogens is 7. The number of aryl methyl sites for hydroxylation is 1. The van der Waals surface area contributed by atoms with Gasteiger partial charge in [0.05, 0.1) is 12.4 Å². The molecule has 35 heavy (non-hydrogen) atoms. The van der Waals surface area contributed by atoms with E-state index in [1.807, 2.05) is 38.1 Å². The Morgan fingerprint density at radius 1 is 1.11 bits per heavy atom. The molecule has 0 saturated heterocycles. The molecule has 4 rings (SSSR count). The number of amides is 1. The highest BCUT2D eigenvalue weighted by molar-refractivity contribution is 7.99. The molecule has 0 spiro atoms. The van der Waals surface area contributed by atoms with Gasteiger partial charge in [-0.2, -0.15) is 0 Å². The minimum absolute atomic E-state index is 0.0675. The van der Waals surface area contributed by atoms with Crippen LogP contribution < -0.4 is 21.3 Å². The molecule has 0 fully saturated rings. The molecule has 3 heterocycles. The van der Waals surface area contributed by atoms with Crippen LogP contribution in [-0.2, 0) is 17.6 Å². The van der Waals surface area contributed by atoms with Crippen molar-refractivity contribution in [2.45, 2.75) is 31.8 Å². The number of aromatic amines is 2. The maximum atomic E-state index is 12.5. The van der Waals surface area contributed by atoms with Gasteiger partial charge in [0, 0.05) is 23.9 Å². The number of thioether (sulfide) groups is 1. The summed E-state index contributed by atoms with van der Waals surface area (Å²) in [6.45, 7) is 4.41. The van der Waals surface area contributed by atoms with Crippen molar-refractivity contribution in [3.63, 3.8) is 0 Å². The lowest BCUT2D eigenvalue weighted by Crippen LogP contribution is -2.23. The molecule has 0 aliphatic carbocycles. The largest absolute Gasteiger partial charge is 0.494 e. The van der Waals surface area contributed by atoms with Crippen LogP contribution in [0.5, 0.6) is 5.75 Å². The Morgan fingerprint density at radius 3 is 2.60 bits per heavy atom. The number of carbonyl (C=O) groups is 1. The lowest BCUT2D eigenvalue weighted by molar-refractivity contribution is -0.113. The highest BCUT2D eigenvalue weighted by Crippen LogP contribution is 2.25. The highest BCUT2D eigenvalue weighted by atomic mass is 32.2. The van der Waals surface area contributed by atoms with Crippen LogP contribution in [0.15, 0.2) is 45.1 Å². The third-order valence-corrected chi connectivity index (χ3v) is 6.53.